The maximum Gasteiger partial charge on any atom is 0.146 e. The summed E-state index contributed by atoms with van der Waals surface area (Å²) in [5.74, 6) is 0. The van der Waals surface area contributed by atoms with Gasteiger partial charge >= 0.3 is 0 Å². The molecule has 30 heavy (non-hydrogen) atoms. The number of unbranched alkanes of at least 4 members (excludes halogenated alkanes) is 4. The molecule has 2 nitrogen and oxygen atoms in total. The third-order valence-electron chi connectivity index (χ3n) is 4.74. The van der Waals surface area contributed by atoms with Crippen molar-refractivity contribution in [3.05, 3.63) is 82.9 Å². The minimum atomic E-state index is 0.895. The van der Waals surface area contributed by atoms with Crippen molar-refractivity contribution in [2.45, 2.75) is 65.2 Å². The Morgan fingerprint density at radius 2 is 0.967 bits per heavy atom. The van der Waals surface area contributed by atoms with Crippen LogP contribution < -0.4 is 0 Å². The van der Waals surface area contributed by atoms with Gasteiger partial charge < -0.3 is 0 Å². The lowest BCUT2D eigenvalue weighted by Gasteiger charge is -1.99. The molecule has 0 aliphatic carbocycles. The Labute approximate surface area is 182 Å². The van der Waals surface area contributed by atoms with Crippen LogP contribution in [0, 0.1) is 0 Å². The van der Waals surface area contributed by atoms with E-state index >= 15 is 0 Å². The Balaban J connectivity index is 0.000000300. The lowest BCUT2D eigenvalue weighted by atomic mass is 10.1. The van der Waals surface area contributed by atoms with Gasteiger partial charge in [0.2, 0.25) is 0 Å². The highest BCUT2D eigenvalue weighted by atomic mass is 16.1. The number of allylic oxidation sites excluding steroid dienone is 2. The van der Waals surface area contributed by atoms with Crippen LogP contribution in [-0.2, 0) is 9.59 Å². The molecule has 0 aromatic heterocycles. The molecule has 2 rings (SSSR count). The van der Waals surface area contributed by atoms with Gasteiger partial charge in [0.25, 0.3) is 0 Å². The molecule has 0 N–H and O–H groups in total. The van der Waals surface area contributed by atoms with Crippen LogP contribution >= 0.6 is 0 Å². The van der Waals surface area contributed by atoms with Crippen LogP contribution in [0.3, 0.4) is 0 Å². The van der Waals surface area contributed by atoms with Crippen molar-refractivity contribution in [3.63, 3.8) is 0 Å². The summed E-state index contributed by atoms with van der Waals surface area (Å²) in [6, 6.07) is 20.0. The van der Waals surface area contributed by atoms with Gasteiger partial charge in [-0.15, -0.1) is 0 Å². The standard InChI is InChI=1S/2C14H18O/c2*1-2-3-5-10-14(12-15)11-13-8-6-4-7-9-13/h2*4,6-9,11-12H,2-3,5,10H2,1H3/b2*14-11-. The Hall–Kier alpha value is -2.74. The fraction of sp³-hybridized carbons (Fsp3) is 0.357. The summed E-state index contributed by atoms with van der Waals surface area (Å²) in [6.07, 6.45) is 14.7. The predicted molar refractivity (Wildman–Crippen MR) is 129 cm³/mol. The van der Waals surface area contributed by atoms with Crippen LogP contribution in [-0.4, -0.2) is 12.6 Å². The molecule has 0 amide bonds. The maximum atomic E-state index is 10.8. The fourth-order valence-corrected chi connectivity index (χ4v) is 3.02. The average Bonchev–Trinajstić information content (AvgIpc) is 2.80. The number of carbonyl (C=O) groups excluding carboxylic acids is 2. The van der Waals surface area contributed by atoms with Gasteiger partial charge in [-0.25, -0.2) is 0 Å². The molecule has 0 atom stereocenters. The molecule has 0 fully saturated rings. The van der Waals surface area contributed by atoms with Crippen molar-refractivity contribution in [3.8, 4) is 0 Å². The quantitative estimate of drug-likeness (QED) is 0.206. The van der Waals surface area contributed by atoms with Gasteiger partial charge in [0.1, 0.15) is 12.6 Å². The van der Waals surface area contributed by atoms with E-state index in [4.69, 9.17) is 0 Å². The molecule has 0 aliphatic heterocycles. The fourth-order valence-electron chi connectivity index (χ4n) is 3.02. The van der Waals surface area contributed by atoms with Crippen LogP contribution in [0.1, 0.15) is 76.3 Å². The highest BCUT2D eigenvalue weighted by Crippen LogP contribution is 2.12. The molecule has 0 heterocycles. The van der Waals surface area contributed by atoms with Gasteiger partial charge in [-0.2, -0.15) is 0 Å². The smallest absolute Gasteiger partial charge is 0.146 e. The Morgan fingerprint density at radius 3 is 1.27 bits per heavy atom. The lowest BCUT2D eigenvalue weighted by Crippen LogP contribution is -1.86. The van der Waals surface area contributed by atoms with E-state index in [1.165, 1.54) is 25.7 Å². The number of hydrogen-bond acceptors (Lipinski definition) is 2. The molecular formula is C28H36O2. The minimum Gasteiger partial charge on any atom is -0.298 e. The van der Waals surface area contributed by atoms with E-state index in [9.17, 15) is 9.59 Å². The number of hydrogen-bond donors (Lipinski definition) is 0. The van der Waals surface area contributed by atoms with Crippen LogP contribution in [0.4, 0.5) is 0 Å². The SMILES string of the molecule is CCCCC/C(C=O)=C/c1ccccc1.CCCCC/C(C=O)=C/c1ccccc1. The Morgan fingerprint density at radius 1 is 0.600 bits per heavy atom. The number of carbonyl (C=O) groups is 2. The normalized spacial score (nSPS) is 11.4. The molecule has 0 spiro atoms. The summed E-state index contributed by atoms with van der Waals surface area (Å²) in [5.41, 5.74) is 4.01. The van der Waals surface area contributed by atoms with E-state index in [1.54, 1.807) is 0 Å². The van der Waals surface area contributed by atoms with Crippen molar-refractivity contribution in [2.75, 3.05) is 0 Å². The second kappa shape index (κ2) is 17.1. The predicted octanol–water partition coefficient (Wildman–Crippen LogP) is 7.70. The summed E-state index contributed by atoms with van der Waals surface area (Å²) in [7, 11) is 0. The number of aldehydes is 2. The first-order valence-electron chi connectivity index (χ1n) is 11.1. The molecule has 2 aromatic rings. The van der Waals surface area contributed by atoms with E-state index in [1.807, 2.05) is 72.8 Å². The Bertz CT molecular complexity index is 690. The zero-order valence-corrected chi connectivity index (χ0v) is 18.6. The van der Waals surface area contributed by atoms with Gasteiger partial charge in [-0.3, -0.25) is 9.59 Å². The molecule has 0 saturated heterocycles. The summed E-state index contributed by atoms with van der Waals surface area (Å²) in [6.45, 7) is 4.34. The van der Waals surface area contributed by atoms with Crippen molar-refractivity contribution >= 4 is 24.7 Å². The lowest BCUT2D eigenvalue weighted by molar-refractivity contribution is -0.105. The van der Waals surface area contributed by atoms with E-state index in [-0.39, 0.29) is 0 Å². The van der Waals surface area contributed by atoms with Gasteiger partial charge in [-0.1, -0.05) is 100 Å². The minimum absolute atomic E-state index is 0.895. The van der Waals surface area contributed by atoms with E-state index in [0.29, 0.717) is 0 Å². The highest BCUT2D eigenvalue weighted by molar-refractivity contribution is 5.82. The molecule has 2 aromatic carbocycles. The third-order valence-corrected chi connectivity index (χ3v) is 4.74. The molecule has 0 aliphatic rings. The zero-order valence-electron chi connectivity index (χ0n) is 18.6. The summed E-state index contributed by atoms with van der Waals surface area (Å²) in [4.78, 5) is 21.7. The van der Waals surface area contributed by atoms with Crippen molar-refractivity contribution in [1.29, 1.82) is 0 Å². The van der Waals surface area contributed by atoms with Crippen LogP contribution in [0.2, 0.25) is 0 Å². The average molecular weight is 405 g/mol. The zero-order chi connectivity index (χ0) is 21.9. The monoisotopic (exact) mass is 404 g/mol. The van der Waals surface area contributed by atoms with E-state index in [0.717, 1.165) is 60.5 Å². The Kier molecular flexibility index (Phi) is 14.5. The molecular weight excluding hydrogens is 368 g/mol. The third kappa shape index (κ3) is 12.0. The van der Waals surface area contributed by atoms with Crippen molar-refractivity contribution < 1.29 is 9.59 Å². The van der Waals surface area contributed by atoms with Crippen LogP contribution in [0.25, 0.3) is 12.2 Å². The van der Waals surface area contributed by atoms with Gasteiger partial charge in [0, 0.05) is 0 Å². The first kappa shape index (κ1) is 25.3. The van der Waals surface area contributed by atoms with Gasteiger partial charge in [-0.05, 0) is 60.1 Å². The summed E-state index contributed by atoms with van der Waals surface area (Å²) < 4.78 is 0. The molecule has 160 valence electrons. The number of benzene rings is 2. The van der Waals surface area contributed by atoms with Crippen molar-refractivity contribution in [1.82, 2.24) is 0 Å². The molecule has 0 radical (unpaired) electrons. The van der Waals surface area contributed by atoms with Crippen molar-refractivity contribution in [2.24, 2.45) is 0 Å². The molecule has 0 saturated carbocycles. The van der Waals surface area contributed by atoms with Crippen LogP contribution in [0.5, 0.6) is 0 Å². The largest absolute Gasteiger partial charge is 0.298 e. The molecule has 0 bridgehead atoms. The van der Waals surface area contributed by atoms with E-state index in [2.05, 4.69) is 13.8 Å². The molecule has 2 heteroatoms. The first-order valence-corrected chi connectivity index (χ1v) is 11.1. The van der Waals surface area contributed by atoms with Gasteiger partial charge in [0.15, 0.2) is 0 Å². The molecule has 0 unspecified atom stereocenters. The second-order valence-electron chi connectivity index (χ2n) is 7.41. The second-order valence-corrected chi connectivity index (χ2v) is 7.41. The highest BCUT2D eigenvalue weighted by Gasteiger charge is 1.97. The summed E-state index contributed by atoms with van der Waals surface area (Å²) >= 11 is 0. The van der Waals surface area contributed by atoms with E-state index < -0.39 is 0 Å². The summed E-state index contributed by atoms with van der Waals surface area (Å²) in [5, 5.41) is 0. The first-order chi connectivity index (χ1) is 14.7. The maximum absolute atomic E-state index is 10.8. The topological polar surface area (TPSA) is 34.1 Å². The number of rotatable bonds is 12. The van der Waals surface area contributed by atoms with Gasteiger partial charge in [0.05, 0.1) is 0 Å². The van der Waals surface area contributed by atoms with Crippen LogP contribution in [0.15, 0.2) is 71.8 Å².